The Bertz CT molecular complexity index is 1050. The van der Waals surface area contributed by atoms with Crippen molar-refractivity contribution >= 4 is 23.4 Å². The van der Waals surface area contributed by atoms with E-state index in [-0.39, 0.29) is 0 Å². The maximum absolute atomic E-state index is 10.7. The van der Waals surface area contributed by atoms with E-state index in [0.29, 0.717) is 10.7 Å². The van der Waals surface area contributed by atoms with Gasteiger partial charge in [0.05, 0.1) is 16.1 Å². The molecule has 4 rings (SSSR count). The largest absolute Gasteiger partial charge is 0.240 e. The SMILES string of the molecule is O=C=Nc1ccc(C(c2ccccc2)(c2ccccc2)c2ccccc2)cc1Cl. The quantitative estimate of drug-likeness (QED) is 0.210. The Labute approximate surface area is 175 Å². The minimum absolute atomic E-state index is 0.411. The molecule has 4 aromatic rings. The monoisotopic (exact) mass is 395 g/mol. The number of carbonyl (C=O) groups excluding carboxylic acids is 1. The number of benzene rings is 4. The van der Waals surface area contributed by atoms with E-state index in [9.17, 15) is 4.79 Å². The molecule has 0 bridgehead atoms. The Balaban J connectivity index is 2.11. The molecule has 0 aromatic heterocycles. The summed E-state index contributed by atoms with van der Waals surface area (Å²) in [6.07, 6.45) is 1.57. The van der Waals surface area contributed by atoms with E-state index < -0.39 is 5.41 Å². The van der Waals surface area contributed by atoms with Gasteiger partial charge in [-0.3, -0.25) is 0 Å². The van der Waals surface area contributed by atoms with Crippen molar-refractivity contribution in [2.45, 2.75) is 5.41 Å². The smallest absolute Gasteiger partial charge is 0.211 e. The zero-order chi connectivity index (χ0) is 20.1. The first-order chi connectivity index (χ1) is 14.3. The predicted molar refractivity (Wildman–Crippen MR) is 118 cm³/mol. The van der Waals surface area contributed by atoms with Gasteiger partial charge in [-0.25, -0.2) is 4.79 Å². The van der Waals surface area contributed by atoms with Crippen molar-refractivity contribution in [3.8, 4) is 0 Å². The van der Waals surface area contributed by atoms with Crippen molar-refractivity contribution in [3.63, 3.8) is 0 Å². The summed E-state index contributed by atoms with van der Waals surface area (Å²) in [6.45, 7) is 0. The number of halogens is 1. The number of isocyanates is 1. The molecule has 29 heavy (non-hydrogen) atoms. The number of rotatable bonds is 5. The number of nitrogens with zero attached hydrogens (tertiary/aromatic N) is 1. The van der Waals surface area contributed by atoms with Crippen LogP contribution in [0, 0.1) is 0 Å². The molecule has 0 radical (unpaired) electrons. The van der Waals surface area contributed by atoms with Crippen LogP contribution in [0.15, 0.2) is 114 Å². The molecule has 0 unspecified atom stereocenters. The van der Waals surface area contributed by atoms with Crippen LogP contribution in [0.4, 0.5) is 5.69 Å². The van der Waals surface area contributed by atoms with Gasteiger partial charge in [0.2, 0.25) is 6.08 Å². The molecule has 4 aromatic carbocycles. The highest BCUT2D eigenvalue weighted by atomic mass is 35.5. The van der Waals surface area contributed by atoms with Crippen LogP contribution in [0.5, 0.6) is 0 Å². The molecule has 0 saturated heterocycles. The molecule has 0 aliphatic rings. The van der Waals surface area contributed by atoms with Crippen LogP contribution in [0.2, 0.25) is 5.02 Å². The van der Waals surface area contributed by atoms with Gasteiger partial charge in [-0.05, 0) is 34.4 Å². The van der Waals surface area contributed by atoms with Gasteiger partial charge in [-0.2, -0.15) is 4.99 Å². The van der Waals surface area contributed by atoms with Crippen molar-refractivity contribution in [3.05, 3.63) is 136 Å². The minimum Gasteiger partial charge on any atom is -0.211 e. The summed E-state index contributed by atoms with van der Waals surface area (Å²) >= 11 is 6.50. The standard InChI is InChI=1S/C26H18ClNO/c27-24-18-23(16-17-25(24)28-19-29)26(20-10-4-1-5-11-20,21-12-6-2-7-13-21)22-14-8-3-9-15-22/h1-18H. The second-order valence-electron chi connectivity index (χ2n) is 6.72. The van der Waals surface area contributed by atoms with Gasteiger partial charge < -0.3 is 0 Å². The van der Waals surface area contributed by atoms with Crippen LogP contribution in [-0.2, 0) is 10.2 Å². The van der Waals surface area contributed by atoms with Gasteiger partial charge in [0.15, 0.2) is 0 Å². The fraction of sp³-hybridized carbons (Fsp3) is 0.0385. The molecule has 0 fully saturated rings. The normalized spacial score (nSPS) is 10.9. The van der Waals surface area contributed by atoms with E-state index >= 15 is 0 Å². The van der Waals surface area contributed by atoms with E-state index in [1.807, 2.05) is 66.7 Å². The molecule has 3 heteroatoms. The van der Waals surface area contributed by atoms with Crippen molar-refractivity contribution < 1.29 is 4.79 Å². The lowest BCUT2D eigenvalue weighted by atomic mass is 9.65. The third-order valence-corrected chi connectivity index (χ3v) is 5.47. The zero-order valence-electron chi connectivity index (χ0n) is 15.6. The number of hydrogen-bond donors (Lipinski definition) is 0. The molecule has 0 heterocycles. The molecular weight excluding hydrogens is 378 g/mol. The van der Waals surface area contributed by atoms with E-state index in [0.717, 1.165) is 22.3 Å². The molecule has 0 N–H and O–H groups in total. The van der Waals surface area contributed by atoms with Crippen molar-refractivity contribution in [1.82, 2.24) is 0 Å². The van der Waals surface area contributed by atoms with Gasteiger partial charge in [-0.1, -0.05) is 109 Å². The van der Waals surface area contributed by atoms with Gasteiger partial charge >= 0.3 is 0 Å². The van der Waals surface area contributed by atoms with Crippen LogP contribution < -0.4 is 0 Å². The highest BCUT2D eigenvalue weighted by molar-refractivity contribution is 6.33. The molecular formula is C26H18ClNO. The highest BCUT2D eigenvalue weighted by Gasteiger charge is 2.38. The minimum atomic E-state index is -0.573. The maximum Gasteiger partial charge on any atom is 0.240 e. The summed E-state index contributed by atoms with van der Waals surface area (Å²) in [5, 5.41) is 0.415. The lowest BCUT2D eigenvalue weighted by molar-refractivity contribution is 0.565. The first-order valence-corrected chi connectivity index (χ1v) is 9.69. The Morgan fingerprint density at radius 1 is 0.621 bits per heavy atom. The average molecular weight is 396 g/mol. The third-order valence-electron chi connectivity index (χ3n) is 5.17. The van der Waals surface area contributed by atoms with Crippen LogP contribution in [-0.4, -0.2) is 6.08 Å². The molecule has 2 nitrogen and oxygen atoms in total. The predicted octanol–water partition coefficient (Wildman–Crippen LogP) is 6.69. The zero-order valence-corrected chi connectivity index (χ0v) is 16.4. The van der Waals surface area contributed by atoms with E-state index in [1.54, 1.807) is 12.1 Å². The van der Waals surface area contributed by atoms with Crippen molar-refractivity contribution in [1.29, 1.82) is 0 Å². The Morgan fingerprint density at radius 3 is 1.45 bits per heavy atom. The van der Waals surface area contributed by atoms with Gasteiger partial charge in [0.25, 0.3) is 0 Å². The molecule has 0 aliphatic carbocycles. The fourth-order valence-corrected chi connectivity index (χ4v) is 4.17. The van der Waals surface area contributed by atoms with Crippen molar-refractivity contribution in [2.24, 2.45) is 4.99 Å². The number of hydrogen-bond acceptors (Lipinski definition) is 2. The van der Waals surface area contributed by atoms with Gasteiger partial charge in [-0.15, -0.1) is 0 Å². The van der Waals surface area contributed by atoms with E-state index in [2.05, 4.69) is 41.4 Å². The van der Waals surface area contributed by atoms with Crippen LogP contribution >= 0.6 is 11.6 Å². The van der Waals surface area contributed by atoms with Gasteiger partial charge in [0, 0.05) is 0 Å². The van der Waals surface area contributed by atoms with E-state index in [4.69, 9.17) is 11.6 Å². The Hall–Kier alpha value is -3.45. The van der Waals surface area contributed by atoms with Gasteiger partial charge in [0.1, 0.15) is 0 Å². The lowest BCUT2D eigenvalue weighted by Crippen LogP contribution is -2.30. The third kappa shape index (κ3) is 3.40. The molecule has 140 valence electrons. The summed E-state index contributed by atoms with van der Waals surface area (Å²) in [6, 6.07) is 36.7. The van der Waals surface area contributed by atoms with Crippen LogP contribution in [0.25, 0.3) is 0 Å². The average Bonchev–Trinajstić information content (AvgIpc) is 2.78. The Kier molecular flexibility index (Phi) is 5.39. The summed E-state index contributed by atoms with van der Waals surface area (Å²) < 4.78 is 0. The Morgan fingerprint density at radius 2 is 1.07 bits per heavy atom. The number of aliphatic imine (C=N–C) groups is 1. The molecule has 0 saturated carbocycles. The molecule has 0 amide bonds. The summed E-state index contributed by atoms with van der Waals surface area (Å²) in [7, 11) is 0. The van der Waals surface area contributed by atoms with Crippen LogP contribution in [0.1, 0.15) is 22.3 Å². The summed E-state index contributed by atoms with van der Waals surface area (Å²) in [5.41, 5.74) is 4.21. The van der Waals surface area contributed by atoms with E-state index in [1.165, 1.54) is 0 Å². The summed E-state index contributed by atoms with van der Waals surface area (Å²) in [5.74, 6) is 0. The first-order valence-electron chi connectivity index (χ1n) is 9.31. The molecule has 0 spiro atoms. The maximum atomic E-state index is 10.7. The highest BCUT2D eigenvalue weighted by Crippen LogP contribution is 2.46. The topological polar surface area (TPSA) is 29.4 Å². The lowest BCUT2D eigenvalue weighted by Gasteiger charge is -2.37. The first kappa shape index (κ1) is 18.9. The molecule has 0 atom stereocenters. The van der Waals surface area contributed by atoms with Crippen LogP contribution in [0.3, 0.4) is 0 Å². The van der Waals surface area contributed by atoms with Crippen molar-refractivity contribution in [2.75, 3.05) is 0 Å². The summed E-state index contributed by atoms with van der Waals surface area (Å²) in [4.78, 5) is 14.4. The second kappa shape index (κ2) is 8.28. The molecule has 0 aliphatic heterocycles. The fourth-order valence-electron chi connectivity index (χ4n) is 3.94. The second-order valence-corrected chi connectivity index (χ2v) is 7.12.